The first-order valence-corrected chi connectivity index (χ1v) is 7.14. The van der Waals surface area contributed by atoms with Gasteiger partial charge in [0.2, 0.25) is 0 Å². The van der Waals surface area contributed by atoms with Gasteiger partial charge in [-0.05, 0) is 47.5 Å². The molecule has 1 aliphatic rings. The molecular formula is C14H28N2O3. The van der Waals surface area contributed by atoms with Crippen LogP contribution in [0, 0.1) is 0 Å². The summed E-state index contributed by atoms with van der Waals surface area (Å²) < 4.78 is 10.7. The Bertz CT molecular complexity index is 283. The lowest BCUT2D eigenvalue weighted by Crippen LogP contribution is -2.50. The van der Waals surface area contributed by atoms with Crippen LogP contribution in [0.15, 0.2) is 0 Å². The Morgan fingerprint density at radius 3 is 2.53 bits per heavy atom. The van der Waals surface area contributed by atoms with Crippen molar-refractivity contribution in [3.63, 3.8) is 0 Å². The summed E-state index contributed by atoms with van der Waals surface area (Å²) in [6, 6.07) is 0.570. The van der Waals surface area contributed by atoms with Gasteiger partial charge in [-0.25, -0.2) is 4.79 Å². The van der Waals surface area contributed by atoms with Crippen molar-refractivity contribution >= 4 is 6.09 Å². The van der Waals surface area contributed by atoms with E-state index in [1.807, 2.05) is 34.6 Å². The second-order valence-corrected chi connectivity index (χ2v) is 6.20. The molecule has 1 aliphatic carbocycles. The third kappa shape index (κ3) is 6.78. The van der Waals surface area contributed by atoms with Crippen LogP contribution in [-0.2, 0) is 9.47 Å². The number of ether oxygens (including phenoxy) is 2. The van der Waals surface area contributed by atoms with Crippen LogP contribution >= 0.6 is 0 Å². The van der Waals surface area contributed by atoms with E-state index in [4.69, 9.17) is 9.47 Å². The molecule has 112 valence electrons. The summed E-state index contributed by atoms with van der Waals surface area (Å²) in [6.07, 6.45) is 2.18. The molecule has 1 rings (SSSR count). The van der Waals surface area contributed by atoms with E-state index in [0.29, 0.717) is 12.1 Å². The number of amides is 1. The van der Waals surface area contributed by atoms with Crippen LogP contribution in [0.1, 0.15) is 47.5 Å². The van der Waals surface area contributed by atoms with Gasteiger partial charge in [0, 0.05) is 25.2 Å². The molecule has 0 bridgehead atoms. The predicted octanol–water partition coefficient (Wildman–Crippen LogP) is 2.06. The minimum absolute atomic E-state index is 0.0565. The van der Waals surface area contributed by atoms with E-state index in [-0.39, 0.29) is 12.1 Å². The largest absolute Gasteiger partial charge is 0.444 e. The minimum atomic E-state index is -0.448. The summed E-state index contributed by atoms with van der Waals surface area (Å²) >= 11 is 0. The molecule has 0 aromatic heterocycles. The Labute approximate surface area is 116 Å². The first-order valence-electron chi connectivity index (χ1n) is 7.14. The minimum Gasteiger partial charge on any atom is -0.444 e. The zero-order valence-corrected chi connectivity index (χ0v) is 12.8. The molecule has 1 fully saturated rings. The van der Waals surface area contributed by atoms with Crippen LogP contribution in [0.3, 0.4) is 0 Å². The molecule has 0 spiro atoms. The molecule has 0 saturated heterocycles. The van der Waals surface area contributed by atoms with Crippen LogP contribution in [-0.4, -0.2) is 43.0 Å². The molecule has 5 heteroatoms. The lowest BCUT2D eigenvalue weighted by Gasteiger charge is -2.36. The van der Waals surface area contributed by atoms with Crippen molar-refractivity contribution in [1.82, 2.24) is 10.6 Å². The molecule has 2 N–H and O–H groups in total. The van der Waals surface area contributed by atoms with Crippen molar-refractivity contribution in [3.8, 4) is 0 Å². The Hall–Kier alpha value is -0.810. The molecule has 0 heterocycles. The van der Waals surface area contributed by atoms with Gasteiger partial charge in [-0.15, -0.1) is 0 Å². The summed E-state index contributed by atoms with van der Waals surface area (Å²) in [5.74, 6) is 0. The number of carbonyl (C=O) groups is 1. The van der Waals surface area contributed by atoms with Crippen molar-refractivity contribution < 1.29 is 14.3 Å². The monoisotopic (exact) mass is 272 g/mol. The molecule has 0 aromatic carbocycles. The number of hydrogen-bond acceptors (Lipinski definition) is 4. The van der Waals surface area contributed by atoms with Gasteiger partial charge >= 0.3 is 6.09 Å². The van der Waals surface area contributed by atoms with E-state index in [0.717, 1.165) is 26.0 Å². The smallest absolute Gasteiger partial charge is 0.407 e. The van der Waals surface area contributed by atoms with E-state index in [2.05, 4.69) is 10.6 Å². The van der Waals surface area contributed by atoms with E-state index >= 15 is 0 Å². The third-order valence-corrected chi connectivity index (χ3v) is 2.97. The molecular weight excluding hydrogens is 244 g/mol. The van der Waals surface area contributed by atoms with Crippen LogP contribution in [0.25, 0.3) is 0 Å². The maximum absolute atomic E-state index is 11.6. The van der Waals surface area contributed by atoms with Crippen LogP contribution in [0.5, 0.6) is 0 Å². The summed E-state index contributed by atoms with van der Waals surface area (Å²) in [5.41, 5.74) is -0.448. The van der Waals surface area contributed by atoms with E-state index < -0.39 is 5.60 Å². The standard InChI is InChI=1S/C14H28N2O3/c1-6-18-12-7-11(8-12)15-9-10(2)16-13(17)19-14(3,4)5/h10-12,15H,6-9H2,1-5H3,(H,16,17). The number of rotatable bonds is 6. The maximum atomic E-state index is 11.6. The third-order valence-electron chi connectivity index (χ3n) is 2.97. The van der Waals surface area contributed by atoms with Crippen molar-refractivity contribution in [1.29, 1.82) is 0 Å². The summed E-state index contributed by atoms with van der Waals surface area (Å²) in [4.78, 5) is 11.6. The Kier molecular flexibility index (Phi) is 6.07. The van der Waals surface area contributed by atoms with Gasteiger partial charge in [-0.1, -0.05) is 0 Å². The van der Waals surface area contributed by atoms with Crippen molar-refractivity contribution in [3.05, 3.63) is 0 Å². The van der Waals surface area contributed by atoms with Gasteiger partial charge in [0.15, 0.2) is 0 Å². The van der Waals surface area contributed by atoms with Gasteiger partial charge in [0.25, 0.3) is 0 Å². The zero-order valence-electron chi connectivity index (χ0n) is 12.8. The lowest BCUT2D eigenvalue weighted by atomic mass is 9.89. The van der Waals surface area contributed by atoms with Gasteiger partial charge in [-0.3, -0.25) is 0 Å². The Morgan fingerprint density at radius 2 is 2.00 bits per heavy atom. The second-order valence-electron chi connectivity index (χ2n) is 6.20. The molecule has 5 nitrogen and oxygen atoms in total. The van der Waals surface area contributed by atoms with Gasteiger partial charge in [-0.2, -0.15) is 0 Å². The molecule has 1 amide bonds. The highest BCUT2D eigenvalue weighted by Gasteiger charge is 2.29. The first-order chi connectivity index (χ1) is 8.80. The fourth-order valence-corrected chi connectivity index (χ4v) is 2.01. The summed E-state index contributed by atoms with van der Waals surface area (Å²) in [6.45, 7) is 11.1. The SMILES string of the molecule is CCOC1CC(NCC(C)NC(=O)OC(C)(C)C)C1. The highest BCUT2D eigenvalue weighted by Crippen LogP contribution is 2.22. The maximum Gasteiger partial charge on any atom is 0.407 e. The number of hydrogen-bond donors (Lipinski definition) is 2. The van der Waals surface area contributed by atoms with E-state index in [1.54, 1.807) is 0 Å². The molecule has 1 atom stereocenters. The average molecular weight is 272 g/mol. The Balaban J connectivity index is 2.09. The molecule has 1 unspecified atom stereocenters. The predicted molar refractivity (Wildman–Crippen MR) is 75.3 cm³/mol. The highest BCUT2D eigenvalue weighted by atomic mass is 16.6. The van der Waals surface area contributed by atoms with Gasteiger partial charge in [0.1, 0.15) is 5.60 Å². The summed E-state index contributed by atoms with van der Waals surface area (Å²) in [7, 11) is 0. The van der Waals surface area contributed by atoms with Crippen molar-refractivity contribution in [2.45, 2.75) is 71.2 Å². The van der Waals surface area contributed by atoms with Crippen molar-refractivity contribution in [2.24, 2.45) is 0 Å². The topological polar surface area (TPSA) is 59.6 Å². The number of alkyl carbamates (subject to hydrolysis) is 1. The summed E-state index contributed by atoms with van der Waals surface area (Å²) in [5, 5.41) is 6.25. The lowest BCUT2D eigenvalue weighted by molar-refractivity contribution is -0.0103. The van der Waals surface area contributed by atoms with Crippen LogP contribution in [0.2, 0.25) is 0 Å². The molecule has 0 aliphatic heterocycles. The van der Waals surface area contributed by atoms with Crippen molar-refractivity contribution in [2.75, 3.05) is 13.2 Å². The quantitative estimate of drug-likeness (QED) is 0.777. The van der Waals surface area contributed by atoms with Crippen LogP contribution < -0.4 is 10.6 Å². The molecule has 0 radical (unpaired) electrons. The zero-order chi connectivity index (χ0) is 14.5. The van der Waals surface area contributed by atoms with E-state index in [1.165, 1.54) is 0 Å². The second kappa shape index (κ2) is 7.10. The molecule has 19 heavy (non-hydrogen) atoms. The number of carbonyl (C=O) groups excluding carboxylic acids is 1. The fraction of sp³-hybridized carbons (Fsp3) is 0.929. The van der Waals surface area contributed by atoms with Gasteiger partial charge < -0.3 is 20.1 Å². The van der Waals surface area contributed by atoms with Gasteiger partial charge in [0.05, 0.1) is 6.10 Å². The first kappa shape index (κ1) is 16.2. The van der Waals surface area contributed by atoms with E-state index in [9.17, 15) is 4.79 Å². The number of nitrogens with one attached hydrogen (secondary N) is 2. The molecule has 0 aromatic rings. The molecule has 1 saturated carbocycles. The normalized spacial score (nSPS) is 24.5. The Morgan fingerprint density at radius 1 is 1.37 bits per heavy atom. The fourth-order valence-electron chi connectivity index (χ4n) is 2.01. The average Bonchev–Trinajstić information content (AvgIpc) is 2.17. The highest BCUT2D eigenvalue weighted by molar-refractivity contribution is 5.68. The van der Waals surface area contributed by atoms with Crippen LogP contribution in [0.4, 0.5) is 4.79 Å².